The third-order valence-corrected chi connectivity index (χ3v) is 5.90. The van der Waals surface area contributed by atoms with Crippen molar-refractivity contribution in [1.82, 2.24) is 20.2 Å². The lowest BCUT2D eigenvalue weighted by atomic mass is 9.84. The number of amides is 2. The van der Waals surface area contributed by atoms with Crippen LogP contribution in [0.4, 0.5) is 0 Å². The molecule has 6 heteroatoms. The average Bonchev–Trinajstić information content (AvgIpc) is 3.21. The highest BCUT2D eigenvalue weighted by atomic mass is 16.2. The van der Waals surface area contributed by atoms with E-state index in [1.54, 1.807) is 12.4 Å². The molecule has 0 aliphatic carbocycles. The van der Waals surface area contributed by atoms with Crippen LogP contribution in [0.25, 0.3) is 10.9 Å². The van der Waals surface area contributed by atoms with Gasteiger partial charge in [0.15, 0.2) is 0 Å². The number of piperidine rings is 1. The van der Waals surface area contributed by atoms with Gasteiger partial charge in [0.1, 0.15) is 5.69 Å². The van der Waals surface area contributed by atoms with E-state index in [0.29, 0.717) is 25.3 Å². The van der Waals surface area contributed by atoms with Crippen molar-refractivity contribution < 1.29 is 9.59 Å². The zero-order valence-electron chi connectivity index (χ0n) is 16.6. The Morgan fingerprint density at radius 1 is 1.21 bits per heavy atom. The molecule has 1 unspecified atom stereocenters. The number of carbonyl (C=O) groups excluding carboxylic acids is 2. The van der Waals surface area contributed by atoms with Crippen molar-refractivity contribution in [3.8, 4) is 0 Å². The lowest BCUT2D eigenvalue weighted by Crippen LogP contribution is -2.42. The third kappa shape index (κ3) is 4.31. The van der Waals surface area contributed by atoms with Crippen molar-refractivity contribution >= 4 is 22.7 Å². The fourth-order valence-corrected chi connectivity index (χ4v) is 4.03. The van der Waals surface area contributed by atoms with Gasteiger partial charge in [-0.15, -0.1) is 0 Å². The molecule has 1 saturated heterocycles. The van der Waals surface area contributed by atoms with E-state index >= 15 is 0 Å². The monoisotopic (exact) mass is 390 g/mol. The molecule has 0 spiro atoms. The second-order valence-electron chi connectivity index (χ2n) is 7.77. The molecule has 3 heterocycles. The molecule has 150 valence electrons. The van der Waals surface area contributed by atoms with Crippen LogP contribution in [0.15, 0.2) is 54.9 Å². The van der Waals surface area contributed by atoms with E-state index < -0.39 is 0 Å². The normalized spacial score (nSPS) is 16.0. The Balaban J connectivity index is 1.30. The number of nitrogens with zero attached hydrogens (tertiary/aromatic N) is 2. The molecule has 2 amide bonds. The van der Waals surface area contributed by atoms with Crippen LogP contribution < -0.4 is 5.32 Å². The summed E-state index contributed by atoms with van der Waals surface area (Å²) >= 11 is 0. The summed E-state index contributed by atoms with van der Waals surface area (Å²) < 4.78 is 0. The molecule has 1 aliphatic heterocycles. The van der Waals surface area contributed by atoms with Crippen molar-refractivity contribution in [2.75, 3.05) is 13.1 Å². The van der Waals surface area contributed by atoms with E-state index in [9.17, 15) is 9.59 Å². The summed E-state index contributed by atoms with van der Waals surface area (Å²) in [6.45, 7) is 3.84. The highest BCUT2D eigenvalue weighted by Gasteiger charge is 2.30. The van der Waals surface area contributed by atoms with Crippen molar-refractivity contribution in [2.45, 2.75) is 26.3 Å². The number of aromatic nitrogens is 2. The molecule has 0 radical (unpaired) electrons. The fourth-order valence-electron chi connectivity index (χ4n) is 4.03. The number of likely N-dealkylation sites (tertiary alicyclic amines) is 1. The second kappa shape index (κ2) is 8.47. The Labute approximate surface area is 170 Å². The van der Waals surface area contributed by atoms with Crippen molar-refractivity contribution in [1.29, 1.82) is 0 Å². The number of hydrogen-bond acceptors (Lipinski definition) is 3. The van der Waals surface area contributed by atoms with Crippen LogP contribution >= 0.6 is 0 Å². The first-order valence-electron chi connectivity index (χ1n) is 10.2. The molecule has 6 nitrogen and oxygen atoms in total. The van der Waals surface area contributed by atoms with E-state index in [2.05, 4.69) is 15.3 Å². The van der Waals surface area contributed by atoms with Crippen LogP contribution in [0, 0.1) is 11.8 Å². The van der Waals surface area contributed by atoms with Crippen molar-refractivity contribution in [3.63, 3.8) is 0 Å². The zero-order valence-corrected chi connectivity index (χ0v) is 16.6. The van der Waals surface area contributed by atoms with Crippen molar-refractivity contribution in [3.05, 3.63) is 66.1 Å². The number of H-pyrrole nitrogens is 1. The van der Waals surface area contributed by atoms with Crippen LogP contribution in [0.3, 0.4) is 0 Å². The van der Waals surface area contributed by atoms with Crippen LogP contribution in [0.5, 0.6) is 0 Å². The molecular weight excluding hydrogens is 364 g/mol. The highest BCUT2D eigenvalue weighted by Crippen LogP contribution is 2.26. The molecule has 4 rings (SSSR count). The average molecular weight is 390 g/mol. The van der Waals surface area contributed by atoms with E-state index in [1.807, 2.05) is 54.3 Å². The van der Waals surface area contributed by atoms with Crippen LogP contribution in [0.1, 0.15) is 35.8 Å². The molecule has 1 atom stereocenters. The number of nitrogens with one attached hydrogen (secondary N) is 2. The van der Waals surface area contributed by atoms with Gasteiger partial charge in [-0.25, -0.2) is 0 Å². The molecule has 0 saturated carbocycles. The summed E-state index contributed by atoms with van der Waals surface area (Å²) in [5, 5.41) is 4.05. The van der Waals surface area contributed by atoms with Crippen LogP contribution in [0.2, 0.25) is 0 Å². The summed E-state index contributed by atoms with van der Waals surface area (Å²) in [6.07, 6.45) is 5.17. The minimum Gasteiger partial charge on any atom is -0.352 e. The zero-order chi connectivity index (χ0) is 20.2. The maximum Gasteiger partial charge on any atom is 0.270 e. The Kier molecular flexibility index (Phi) is 5.60. The number of benzene rings is 1. The van der Waals surface area contributed by atoms with Gasteiger partial charge < -0.3 is 15.2 Å². The first kappa shape index (κ1) is 19.2. The first-order valence-corrected chi connectivity index (χ1v) is 10.2. The quantitative estimate of drug-likeness (QED) is 0.701. The third-order valence-electron chi connectivity index (χ3n) is 5.90. The topological polar surface area (TPSA) is 78.1 Å². The molecule has 0 bridgehead atoms. The summed E-state index contributed by atoms with van der Waals surface area (Å²) in [7, 11) is 0. The second-order valence-corrected chi connectivity index (χ2v) is 7.77. The van der Waals surface area contributed by atoms with Gasteiger partial charge in [-0.1, -0.05) is 31.2 Å². The summed E-state index contributed by atoms with van der Waals surface area (Å²) in [4.78, 5) is 34.6. The molecule has 2 aromatic heterocycles. The summed E-state index contributed by atoms with van der Waals surface area (Å²) in [6, 6.07) is 13.6. The maximum absolute atomic E-state index is 12.8. The van der Waals surface area contributed by atoms with Gasteiger partial charge in [0, 0.05) is 48.8 Å². The molecule has 1 aliphatic rings. The van der Waals surface area contributed by atoms with E-state index in [4.69, 9.17) is 0 Å². The minimum atomic E-state index is -0.0722. The minimum absolute atomic E-state index is 0.0355. The Hall–Kier alpha value is -3.15. The molecule has 1 aromatic carbocycles. The number of carbonyl (C=O) groups is 2. The van der Waals surface area contributed by atoms with Gasteiger partial charge >= 0.3 is 0 Å². The molecule has 2 N–H and O–H groups in total. The maximum atomic E-state index is 12.8. The predicted octanol–water partition coefficient (Wildman–Crippen LogP) is 3.37. The smallest absolute Gasteiger partial charge is 0.270 e. The first-order chi connectivity index (χ1) is 14.1. The van der Waals surface area contributed by atoms with Crippen LogP contribution in [-0.4, -0.2) is 39.8 Å². The lowest BCUT2D eigenvalue weighted by Gasteiger charge is -2.34. The Morgan fingerprint density at radius 3 is 2.72 bits per heavy atom. The summed E-state index contributed by atoms with van der Waals surface area (Å²) in [5.74, 6) is 0.315. The van der Waals surface area contributed by atoms with E-state index in [-0.39, 0.29) is 23.7 Å². The number of para-hydroxylation sites is 1. The molecule has 3 aromatic rings. The Morgan fingerprint density at radius 2 is 2.00 bits per heavy atom. The van der Waals surface area contributed by atoms with Gasteiger partial charge in [-0.3, -0.25) is 14.6 Å². The predicted molar refractivity (Wildman–Crippen MR) is 112 cm³/mol. The van der Waals surface area contributed by atoms with Crippen LogP contribution in [-0.2, 0) is 11.3 Å². The van der Waals surface area contributed by atoms with E-state index in [0.717, 1.165) is 29.3 Å². The van der Waals surface area contributed by atoms with Gasteiger partial charge in [0.2, 0.25) is 5.91 Å². The number of hydrogen-bond donors (Lipinski definition) is 2. The number of pyridine rings is 1. The highest BCUT2D eigenvalue weighted by molar-refractivity contribution is 5.98. The number of rotatable bonds is 5. The van der Waals surface area contributed by atoms with Gasteiger partial charge in [-0.05, 0) is 42.5 Å². The van der Waals surface area contributed by atoms with Gasteiger partial charge in [0.25, 0.3) is 5.91 Å². The molecule has 1 fully saturated rings. The lowest BCUT2D eigenvalue weighted by molar-refractivity contribution is -0.126. The van der Waals surface area contributed by atoms with Crippen molar-refractivity contribution in [2.24, 2.45) is 11.8 Å². The molecule has 29 heavy (non-hydrogen) atoms. The largest absolute Gasteiger partial charge is 0.352 e. The molecular formula is C23H26N4O2. The number of fused-ring (bicyclic) bond motifs is 1. The van der Waals surface area contributed by atoms with Gasteiger partial charge in [0.05, 0.1) is 0 Å². The number of aromatic amines is 1. The SMILES string of the molecule is CC(C(=O)NCc1cccnc1)C1CCN(C(=O)c2cc3ccccc3[nH]2)CC1. The standard InChI is InChI=1S/C23H26N4O2/c1-16(22(28)25-15-17-5-4-10-24-14-17)18-8-11-27(12-9-18)23(29)21-13-19-6-2-3-7-20(19)26-21/h2-7,10,13-14,16,18,26H,8-9,11-12,15H2,1H3,(H,25,28). The van der Waals surface area contributed by atoms with E-state index in [1.165, 1.54) is 0 Å². The fraction of sp³-hybridized carbons (Fsp3) is 0.348. The van der Waals surface area contributed by atoms with Gasteiger partial charge in [-0.2, -0.15) is 0 Å². The Bertz CT molecular complexity index is 957. The summed E-state index contributed by atoms with van der Waals surface area (Å²) in [5.41, 5.74) is 2.60.